The molecule has 2 aliphatic rings. The van der Waals surface area contributed by atoms with E-state index in [1.807, 2.05) is 17.0 Å². The molecule has 0 atom stereocenters. The average Bonchev–Trinajstić information content (AvgIpc) is 3.47. The summed E-state index contributed by atoms with van der Waals surface area (Å²) in [5.74, 6) is 1.05. The molecule has 3 aromatic heterocycles. The Morgan fingerprint density at radius 2 is 2.06 bits per heavy atom. The molecule has 5 rings (SSSR count). The molecule has 0 bridgehead atoms. The number of nitrogens with zero attached hydrogens (tertiary/aromatic N) is 6. The van der Waals surface area contributed by atoms with E-state index < -0.39 is 0 Å². The van der Waals surface area contributed by atoms with Crippen LogP contribution in [0.25, 0.3) is 0 Å². The number of aromatic nitrogens is 5. The lowest BCUT2D eigenvalue weighted by Gasteiger charge is -2.37. The number of pyridine rings is 1. The number of carbonyl (C=O) groups is 2. The first-order valence-electron chi connectivity index (χ1n) is 12.0. The van der Waals surface area contributed by atoms with Crippen LogP contribution in [0.2, 0.25) is 0 Å². The summed E-state index contributed by atoms with van der Waals surface area (Å²) >= 11 is 0. The quantitative estimate of drug-likeness (QED) is 0.479. The van der Waals surface area contributed by atoms with Crippen molar-refractivity contribution in [2.75, 3.05) is 22.9 Å². The summed E-state index contributed by atoms with van der Waals surface area (Å²) < 4.78 is 0. The summed E-state index contributed by atoms with van der Waals surface area (Å²) in [6.07, 6.45) is 8.67. The van der Waals surface area contributed by atoms with Gasteiger partial charge in [0.1, 0.15) is 12.1 Å². The second-order valence-electron chi connectivity index (χ2n) is 9.83. The number of nitrogens with one attached hydrogen (secondary N) is 2. The fraction of sp³-hybridized carbons (Fsp3) is 0.440. The number of anilines is 2. The van der Waals surface area contributed by atoms with E-state index in [2.05, 4.69) is 55.3 Å². The van der Waals surface area contributed by atoms with Crippen LogP contribution < -0.4 is 15.1 Å². The summed E-state index contributed by atoms with van der Waals surface area (Å²) in [5, 5.41) is 9.99. The van der Waals surface area contributed by atoms with Gasteiger partial charge in [0.2, 0.25) is 12.3 Å². The molecule has 182 valence electrons. The Morgan fingerprint density at radius 1 is 1.23 bits per heavy atom. The molecule has 3 aromatic rings. The van der Waals surface area contributed by atoms with Gasteiger partial charge >= 0.3 is 0 Å². The third kappa shape index (κ3) is 4.60. The highest BCUT2D eigenvalue weighted by Crippen LogP contribution is 2.33. The second kappa shape index (κ2) is 9.44. The summed E-state index contributed by atoms with van der Waals surface area (Å²) in [5.41, 5.74) is 4.48. The number of carbonyl (C=O) groups excluding carboxylic acids is 2. The minimum absolute atomic E-state index is 0.144. The van der Waals surface area contributed by atoms with E-state index in [9.17, 15) is 9.59 Å². The predicted molar refractivity (Wildman–Crippen MR) is 131 cm³/mol. The monoisotopic (exact) mass is 474 g/mol. The van der Waals surface area contributed by atoms with Crippen molar-refractivity contribution in [3.63, 3.8) is 0 Å². The first kappa shape index (κ1) is 22.9. The Balaban J connectivity index is 1.25. The third-order valence-electron chi connectivity index (χ3n) is 6.97. The van der Waals surface area contributed by atoms with Gasteiger partial charge in [-0.3, -0.25) is 19.7 Å². The van der Waals surface area contributed by atoms with Crippen molar-refractivity contribution in [1.82, 2.24) is 30.5 Å². The zero-order valence-corrected chi connectivity index (χ0v) is 20.1. The lowest BCUT2D eigenvalue weighted by Crippen LogP contribution is -2.46. The third-order valence-corrected chi connectivity index (χ3v) is 6.97. The standard InChI is InChI=1S/C25H30N8O2/c1-25(2,24-17(13-26-16-34)14-30-31-24)12-18-10-22(29-15-28-18)32-8-5-19(6-9-32)33-21-4-3-7-27-20(21)11-23(33)35/h3-4,7,10,14-16,19H,5-6,8-9,11-13H2,1-2H3,(H,26,34)(H,30,31). The smallest absolute Gasteiger partial charge is 0.233 e. The van der Waals surface area contributed by atoms with Crippen molar-refractivity contribution in [3.8, 4) is 0 Å². The van der Waals surface area contributed by atoms with E-state index in [1.54, 1.807) is 18.7 Å². The maximum Gasteiger partial charge on any atom is 0.233 e. The average molecular weight is 475 g/mol. The molecule has 1 saturated heterocycles. The largest absolute Gasteiger partial charge is 0.356 e. The molecule has 1 fully saturated rings. The van der Waals surface area contributed by atoms with Crippen LogP contribution in [0, 0.1) is 0 Å². The summed E-state index contributed by atoms with van der Waals surface area (Å²) in [6.45, 7) is 6.36. The van der Waals surface area contributed by atoms with Crippen LogP contribution >= 0.6 is 0 Å². The normalized spacial score (nSPS) is 16.5. The second-order valence-corrected chi connectivity index (χ2v) is 9.83. The first-order valence-corrected chi connectivity index (χ1v) is 12.0. The van der Waals surface area contributed by atoms with Gasteiger partial charge in [0, 0.05) is 66.7 Å². The highest BCUT2D eigenvalue weighted by atomic mass is 16.2. The van der Waals surface area contributed by atoms with Gasteiger partial charge in [-0.2, -0.15) is 5.10 Å². The molecule has 2 N–H and O–H groups in total. The Kier molecular flexibility index (Phi) is 6.19. The minimum atomic E-state index is -0.257. The van der Waals surface area contributed by atoms with Crippen LogP contribution in [0.4, 0.5) is 11.5 Å². The molecule has 0 saturated carbocycles. The molecule has 0 unspecified atom stereocenters. The Labute approximate surface area is 204 Å². The molecule has 2 amide bonds. The maximum absolute atomic E-state index is 12.7. The number of H-pyrrole nitrogens is 1. The van der Waals surface area contributed by atoms with Crippen LogP contribution in [-0.4, -0.2) is 56.6 Å². The zero-order chi connectivity index (χ0) is 24.4. The number of aromatic amines is 1. The van der Waals surface area contributed by atoms with E-state index in [4.69, 9.17) is 0 Å². The first-order chi connectivity index (χ1) is 17.0. The van der Waals surface area contributed by atoms with E-state index in [0.29, 0.717) is 25.8 Å². The molecule has 2 aliphatic heterocycles. The van der Waals surface area contributed by atoms with Crippen molar-refractivity contribution in [3.05, 3.63) is 59.6 Å². The summed E-state index contributed by atoms with van der Waals surface area (Å²) in [6, 6.07) is 6.14. The topological polar surface area (TPSA) is 120 Å². The lowest BCUT2D eigenvalue weighted by molar-refractivity contribution is -0.118. The van der Waals surface area contributed by atoms with Crippen LogP contribution in [0.15, 0.2) is 36.9 Å². The van der Waals surface area contributed by atoms with E-state index in [1.165, 1.54) is 0 Å². The maximum atomic E-state index is 12.7. The Hall–Kier alpha value is -3.82. The number of piperidine rings is 1. The van der Waals surface area contributed by atoms with E-state index >= 15 is 0 Å². The van der Waals surface area contributed by atoms with Crippen molar-refractivity contribution < 1.29 is 9.59 Å². The molecule has 0 aliphatic carbocycles. The van der Waals surface area contributed by atoms with Crippen LogP contribution in [-0.2, 0) is 34.4 Å². The lowest BCUT2D eigenvalue weighted by atomic mass is 9.82. The molecule has 35 heavy (non-hydrogen) atoms. The number of hydrogen-bond acceptors (Lipinski definition) is 7. The Morgan fingerprint density at radius 3 is 2.86 bits per heavy atom. The highest BCUT2D eigenvalue weighted by molar-refractivity contribution is 6.01. The van der Waals surface area contributed by atoms with E-state index in [0.717, 1.165) is 60.1 Å². The number of fused-ring (bicyclic) bond motifs is 1. The summed E-state index contributed by atoms with van der Waals surface area (Å²) in [4.78, 5) is 41.1. The number of hydrogen-bond donors (Lipinski definition) is 2. The molecule has 5 heterocycles. The molecular formula is C25H30N8O2. The predicted octanol–water partition coefficient (Wildman–Crippen LogP) is 1.92. The molecule has 10 heteroatoms. The number of amides is 2. The van der Waals surface area contributed by atoms with E-state index in [-0.39, 0.29) is 17.4 Å². The van der Waals surface area contributed by atoms with Gasteiger partial charge in [0.05, 0.1) is 24.0 Å². The van der Waals surface area contributed by atoms with Gasteiger partial charge in [-0.15, -0.1) is 0 Å². The van der Waals surface area contributed by atoms with Crippen LogP contribution in [0.3, 0.4) is 0 Å². The van der Waals surface area contributed by atoms with Crippen molar-refractivity contribution in [2.45, 2.75) is 57.5 Å². The van der Waals surface area contributed by atoms with Crippen molar-refractivity contribution >= 4 is 23.8 Å². The van der Waals surface area contributed by atoms with Gasteiger partial charge in [0.15, 0.2) is 0 Å². The van der Waals surface area contributed by atoms with Gasteiger partial charge in [0.25, 0.3) is 0 Å². The van der Waals surface area contributed by atoms with Gasteiger partial charge in [-0.25, -0.2) is 9.97 Å². The van der Waals surface area contributed by atoms with Crippen molar-refractivity contribution in [1.29, 1.82) is 0 Å². The Bertz CT molecular complexity index is 1220. The van der Waals surface area contributed by atoms with Gasteiger partial charge in [-0.05, 0) is 25.0 Å². The molecule has 0 spiro atoms. The zero-order valence-electron chi connectivity index (χ0n) is 20.1. The number of rotatable bonds is 8. The SMILES string of the molecule is CC(C)(Cc1cc(N2CCC(N3C(=O)Cc4ncccc43)CC2)ncn1)c1[nH]ncc1CNC=O. The van der Waals surface area contributed by atoms with Gasteiger partial charge in [-0.1, -0.05) is 13.8 Å². The van der Waals surface area contributed by atoms with Gasteiger partial charge < -0.3 is 15.1 Å². The molecule has 0 radical (unpaired) electrons. The minimum Gasteiger partial charge on any atom is -0.356 e. The summed E-state index contributed by atoms with van der Waals surface area (Å²) in [7, 11) is 0. The van der Waals surface area contributed by atoms with Crippen LogP contribution in [0.1, 0.15) is 49.3 Å². The molecule has 0 aromatic carbocycles. The fourth-order valence-electron chi connectivity index (χ4n) is 5.28. The molecule has 10 nitrogen and oxygen atoms in total. The highest BCUT2D eigenvalue weighted by Gasteiger charge is 2.35. The van der Waals surface area contributed by atoms with Crippen LogP contribution in [0.5, 0.6) is 0 Å². The fourth-order valence-corrected chi connectivity index (χ4v) is 5.28. The van der Waals surface area contributed by atoms with Crippen molar-refractivity contribution in [2.24, 2.45) is 0 Å². The molecular weight excluding hydrogens is 444 g/mol.